The van der Waals surface area contributed by atoms with Crippen LogP contribution in [0.1, 0.15) is 15.9 Å². The average molecular weight is 305 g/mol. The zero-order valence-corrected chi connectivity index (χ0v) is 14.0. The van der Waals surface area contributed by atoms with Gasteiger partial charge in [0.25, 0.3) is 0 Å². The molecule has 0 amide bonds. The van der Waals surface area contributed by atoms with E-state index in [0.717, 1.165) is 5.56 Å². The van der Waals surface area contributed by atoms with E-state index in [1.165, 1.54) is 6.08 Å². The number of benzene rings is 1. The van der Waals surface area contributed by atoms with Gasteiger partial charge in [-0.15, -0.1) is 0 Å². The van der Waals surface area contributed by atoms with Gasteiger partial charge in [0.1, 0.15) is 5.71 Å². The van der Waals surface area contributed by atoms with Crippen LogP contribution in [0.4, 0.5) is 0 Å². The van der Waals surface area contributed by atoms with Gasteiger partial charge in [0.05, 0.1) is 0 Å². The van der Waals surface area contributed by atoms with Crippen molar-refractivity contribution in [2.75, 3.05) is 0 Å². The number of Topliss-reactive ketones (excluding diaryl/α,β-unsaturated/α-hetero) is 1. The molecule has 1 aromatic carbocycles. The van der Waals surface area contributed by atoms with E-state index in [2.05, 4.69) is 5.16 Å². The van der Waals surface area contributed by atoms with E-state index in [0.29, 0.717) is 5.56 Å². The molecule has 0 bridgehead atoms. The monoisotopic (exact) mass is 305 g/mol. The Morgan fingerprint density at radius 2 is 1.86 bits per heavy atom. The Morgan fingerprint density at radius 1 is 1.14 bits per heavy atom. The SMILES string of the molecule is O=C1/C(=N/[O-])C=Cc2ccccc21.[Cs+]. The van der Waals surface area contributed by atoms with Gasteiger partial charge in [-0.2, -0.15) is 0 Å². The van der Waals surface area contributed by atoms with Crippen molar-refractivity contribution in [2.45, 2.75) is 0 Å². The van der Waals surface area contributed by atoms with Crippen molar-refractivity contribution < 1.29 is 73.7 Å². The Kier molecular flexibility index (Phi) is 4.62. The number of fused-ring (bicyclic) bond motifs is 1. The van der Waals surface area contributed by atoms with Crippen LogP contribution in [0.5, 0.6) is 0 Å². The summed E-state index contributed by atoms with van der Waals surface area (Å²) in [7, 11) is 0. The van der Waals surface area contributed by atoms with Gasteiger partial charge in [-0.05, 0) is 11.6 Å². The zero-order chi connectivity index (χ0) is 9.26. The number of rotatable bonds is 0. The molecule has 1 aromatic rings. The van der Waals surface area contributed by atoms with E-state index < -0.39 is 0 Å². The van der Waals surface area contributed by atoms with Gasteiger partial charge in [0.15, 0.2) is 0 Å². The minimum absolute atomic E-state index is 0. The van der Waals surface area contributed by atoms with Crippen molar-refractivity contribution in [2.24, 2.45) is 5.16 Å². The Morgan fingerprint density at radius 3 is 2.57 bits per heavy atom. The molecule has 3 nitrogen and oxygen atoms in total. The number of hydrogen-bond donors (Lipinski definition) is 0. The third-order valence-electron chi connectivity index (χ3n) is 1.96. The maximum atomic E-state index is 11.5. The summed E-state index contributed by atoms with van der Waals surface area (Å²) in [4.78, 5) is 11.5. The van der Waals surface area contributed by atoms with Crippen molar-refractivity contribution in [1.29, 1.82) is 0 Å². The van der Waals surface area contributed by atoms with Crippen LogP contribution in [0, 0.1) is 5.21 Å². The van der Waals surface area contributed by atoms with Gasteiger partial charge in [0.2, 0.25) is 5.78 Å². The van der Waals surface area contributed by atoms with Gasteiger partial charge in [-0.3, -0.25) is 4.79 Å². The fraction of sp³-hybridized carbons (Fsp3) is 0. The van der Waals surface area contributed by atoms with E-state index in [9.17, 15) is 10.0 Å². The van der Waals surface area contributed by atoms with Gasteiger partial charge < -0.3 is 10.4 Å². The molecular formula is C10H6CsNO2. The van der Waals surface area contributed by atoms with Crippen LogP contribution < -0.4 is 68.9 Å². The van der Waals surface area contributed by atoms with Crippen LogP contribution in [0.3, 0.4) is 0 Å². The minimum Gasteiger partial charge on any atom is -0.791 e. The summed E-state index contributed by atoms with van der Waals surface area (Å²) in [6.07, 6.45) is 3.16. The predicted molar refractivity (Wildman–Crippen MR) is 50.6 cm³/mol. The molecule has 0 N–H and O–H groups in total. The third kappa shape index (κ3) is 2.21. The summed E-state index contributed by atoms with van der Waals surface area (Å²) in [5.41, 5.74) is 1.35. The second kappa shape index (κ2) is 5.29. The molecule has 0 radical (unpaired) electrons. The summed E-state index contributed by atoms with van der Waals surface area (Å²) in [6.45, 7) is 0. The number of nitrogens with zero attached hydrogens (tertiary/aromatic N) is 1. The second-order valence-corrected chi connectivity index (χ2v) is 2.73. The first-order chi connectivity index (χ1) is 6.33. The third-order valence-corrected chi connectivity index (χ3v) is 1.96. The fourth-order valence-corrected chi connectivity index (χ4v) is 1.30. The average Bonchev–Trinajstić information content (AvgIpc) is 2.19. The normalized spacial score (nSPS) is 16.3. The summed E-state index contributed by atoms with van der Waals surface area (Å²) >= 11 is 0. The van der Waals surface area contributed by atoms with Crippen LogP contribution in [0.2, 0.25) is 0 Å². The smallest absolute Gasteiger partial charge is 0.791 e. The van der Waals surface area contributed by atoms with Gasteiger partial charge >= 0.3 is 68.9 Å². The molecule has 0 aliphatic heterocycles. The Labute approximate surface area is 140 Å². The maximum absolute atomic E-state index is 11.5. The van der Waals surface area contributed by atoms with Crippen molar-refractivity contribution in [1.82, 2.24) is 0 Å². The number of carbonyl (C=O) groups is 1. The van der Waals surface area contributed by atoms with Crippen molar-refractivity contribution in [3.63, 3.8) is 0 Å². The molecule has 0 fully saturated rings. The van der Waals surface area contributed by atoms with E-state index in [1.807, 2.05) is 12.1 Å². The molecule has 0 unspecified atom stereocenters. The topological polar surface area (TPSA) is 52.5 Å². The number of allylic oxidation sites excluding steroid dienone is 1. The quantitative estimate of drug-likeness (QED) is 0.568. The maximum Gasteiger partial charge on any atom is 1.00 e. The largest absolute Gasteiger partial charge is 1.00 e. The standard InChI is InChI=1S/C10H7NO2.Cs/c12-10-8-4-2-1-3-7(8)5-6-9(10)11-13;/h1-6,13H;/q;+1/p-1/b11-9+;. The molecule has 14 heavy (non-hydrogen) atoms. The van der Waals surface area contributed by atoms with Crippen molar-refractivity contribution >= 4 is 17.6 Å². The van der Waals surface area contributed by atoms with Gasteiger partial charge in [0, 0.05) is 5.56 Å². The predicted octanol–water partition coefficient (Wildman–Crippen LogP) is -1.16. The van der Waals surface area contributed by atoms with E-state index >= 15 is 0 Å². The van der Waals surface area contributed by atoms with Crippen LogP contribution in [-0.2, 0) is 0 Å². The minimum atomic E-state index is -0.298. The second-order valence-electron chi connectivity index (χ2n) is 2.73. The molecule has 1 aliphatic carbocycles. The van der Waals surface area contributed by atoms with Crippen LogP contribution in [0.15, 0.2) is 35.5 Å². The zero-order valence-electron chi connectivity index (χ0n) is 7.73. The molecule has 0 atom stereocenters. The van der Waals surface area contributed by atoms with Crippen molar-refractivity contribution in [3.05, 3.63) is 46.7 Å². The molecule has 1 aliphatic rings. The summed E-state index contributed by atoms with van der Waals surface area (Å²) in [5, 5.41) is 12.9. The summed E-state index contributed by atoms with van der Waals surface area (Å²) in [6, 6.07) is 7.12. The molecule has 0 aromatic heterocycles. The molecule has 4 heteroatoms. The van der Waals surface area contributed by atoms with Crippen LogP contribution >= 0.6 is 0 Å². The molecular weight excluding hydrogens is 299 g/mol. The van der Waals surface area contributed by atoms with E-state index in [-0.39, 0.29) is 80.4 Å². The van der Waals surface area contributed by atoms with Crippen LogP contribution in [-0.4, -0.2) is 11.5 Å². The van der Waals surface area contributed by atoms with E-state index in [1.54, 1.807) is 18.2 Å². The Hall–Kier alpha value is 0.152. The Balaban J connectivity index is 0.000000980. The molecule has 0 heterocycles. The number of carbonyl (C=O) groups excluding carboxylic acids is 1. The molecule has 0 saturated heterocycles. The molecule has 0 saturated carbocycles. The number of ketones is 1. The first-order valence-corrected chi connectivity index (χ1v) is 3.85. The van der Waals surface area contributed by atoms with Crippen molar-refractivity contribution in [3.8, 4) is 0 Å². The van der Waals surface area contributed by atoms with Crippen LogP contribution in [0.25, 0.3) is 6.08 Å². The molecule has 0 spiro atoms. The van der Waals surface area contributed by atoms with E-state index in [4.69, 9.17) is 0 Å². The first kappa shape index (κ1) is 12.2. The summed E-state index contributed by atoms with van der Waals surface area (Å²) < 4.78 is 0. The number of hydrogen-bond acceptors (Lipinski definition) is 3. The first-order valence-electron chi connectivity index (χ1n) is 3.85. The Bertz CT molecular complexity index is 424. The fourth-order valence-electron chi connectivity index (χ4n) is 1.30. The molecule has 2 rings (SSSR count). The van der Waals surface area contributed by atoms with Gasteiger partial charge in [-0.1, -0.05) is 30.3 Å². The summed E-state index contributed by atoms with van der Waals surface area (Å²) in [5.74, 6) is -0.298. The van der Waals surface area contributed by atoms with Gasteiger partial charge in [-0.25, -0.2) is 0 Å². The molecule has 64 valence electrons.